The quantitative estimate of drug-likeness (QED) is 0.777. The molecule has 3 nitrogen and oxygen atoms in total. The standard InChI is InChI=1S/C13H24N2O/c1-2-10-7-8-15(9-10)13(16)11-5-3-4-6-12(11)14/h10-12H,2-9,14H2,1H3. The van der Waals surface area contributed by atoms with Gasteiger partial charge in [-0.3, -0.25) is 4.79 Å². The summed E-state index contributed by atoms with van der Waals surface area (Å²) in [6, 6.07) is 0.113. The van der Waals surface area contributed by atoms with Gasteiger partial charge in [-0.1, -0.05) is 26.2 Å². The van der Waals surface area contributed by atoms with E-state index < -0.39 is 0 Å². The molecule has 1 aliphatic carbocycles. The van der Waals surface area contributed by atoms with E-state index >= 15 is 0 Å². The molecule has 3 atom stereocenters. The predicted octanol–water partition coefficient (Wildman–Crippen LogP) is 1.76. The van der Waals surface area contributed by atoms with Crippen molar-refractivity contribution in [3.8, 4) is 0 Å². The molecule has 0 aromatic rings. The van der Waals surface area contributed by atoms with Crippen LogP contribution < -0.4 is 5.73 Å². The van der Waals surface area contributed by atoms with E-state index in [-0.39, 0.29) is 12.0 Å². The minimum Gasteiger partial charge on any atom is -0.342 e. The van der Waals surface area contributed by atoms with Gasteiger partial charge in [-0.15, -0.1) is 0 Å². The Kier molecular flexibility index (Phi) is 3.85. The van der Waals surface area contributed by atoms with Gasteiger partial charge in [0.05, 0.1) is 5.92 Å². The maximum absolute atomic E-state index is 12.3. The van der Waals surface area contributed by atoms with E-state index in [2.05, 4.69) is 11.8 Å². The van der Waals surface area contributed by atoms with Crippen LogP contribution in [0.1, 0.15) is 45.4 Å². The van der Waals surface area contributed by atoms with E-state index in [0.717, 1.165) is 31.8 Å². The fraction of sp³-hybridized carbons (Fsp3) is 0.923. The first kappa shape index (κ1) is 11.9. The summed E-state index contributed by atoms with van der Waals surface area (Å²) < 4.78 is 0. The van der Waals surface area contributed by atoms with E-state index in [9.17, 15) is 4.79 Å². The molecule has 0 bridgehead atoms. The average molecular weight is 224 g/mol. The third kappa shape index (κ3) is 2.40. The maximum atomic E-state index is 12.3. The third-order valence-electron chi connectivity index (χ3n) is 4.31. The fourth-order valence-electron chi connectivity index (χ4n) is 3.07. The SMILES string of the molecule is CCC1CCN(C(=O)C2CCCCC2N)C1. The topological polar surface area (TPSA) is 46.3 Å². The van der Waals surface area contributed by atoms with E-state index in [1.54, 1.807) is 0 Å². The zero-order valence-corrected chi connectivity index (χ0v) is 10.3. The van der Waals surface area contributed by atoms with Crippen molar-refractivity contribution >= 4 is 5.91 Å². The van der Waals surface area contributed by atoms with Gasteiger partial charge in [-0.05, 0) is 25.2 Å². The molecule has 0 radical (unpaired) electrons. The van der Waals surface area contributed by atoms with Crippen LogP contribution in [0, 0.1) is 11.8 Å². The highest BCUT2D eigenvalue weighted by atomic mass is 16.2. The minimum absolute atomic E-state index is 0.113. The van der Waals surface area contributed by atoms with Gasteiger partial charge in [-0.25, -0.2) is 0 Å². The number of amides is 1. The lowest BCUT2D eigenvalue weighted by atomic mass is 9.84. The largest absolute Gasteiger partial charge is 0.342 e. The van der Waals surface area contributed by atoms with Crippen LogP contribution >= 0.6 is 0 Å². The van der Waals surface area contributed by atoms with Crippen molar-refractivity contribution in [1.29, 1.82) is 0 Å². The summed E-state index contributed by atoms with van der Waals surface area (Å²) >= 11 is 0. The van der Waals surface area contributed by atoms with Crippen LogP contribution in [0.3, 0.4) is 0 Å². The highest BCUT2D eigenvalue weighted by Gasteiger charge is 2.34. The summed E-state index contributed by atoms with van der Waals surface area (Å²) in [4.78, 5) is 14.4. The lowest BCUT2D eigenvalue weighted by Gasteiger charge is -2.31. The highest BCUT2D eigenvalue weighted by Crippen LogP contribution is 2.28. The molecule has 0 spiro atoms. The van der Waals surface area contributed by atoms with E-state index in [1.807, 2.05) is 0 Å². The highest BCUT2D eigenvalue weighted by molar-refractivity contribution is 5.80. The van der Waals surface area contributed by atoms with Crippen LogP contribution in [0.15, 0.2) is 0 Å². The first-order valence-electron chi connectivity index (χ1n) is 6.76. The van der Waals surface area contributed by atoms with Crippen LogP contribution in [0.4, 0.5) is 0 Å². The van der Waals surface area contributed by atoms with Crippen LogP contribution in [0.5, 0.6) is 0 Å². The summed E-state index contributed by atoms with van der Waals surface area (Å²) in [7, 11) is 0. The molecular formula is C13H24N2O. The van der Waals surface area contributed by atoms with Crippen molar-refractivity contribution < 1.29 is 4.79 Å². The lowest BCUT2D eigenvalue weighted by Crippen LogP contribution is -2.45. The molecule has 2 aliphatic rings. The number of likely N-dealkylation sites (tertiary alicyclic amines) is 1. The van der Waals surface area contributed by atoms with Gasteiger partial charge in [0.15, 0.2) is 0 Å². The number of nitrogens with two attached hydrogens (primary N) is 1. The monoisotopic (exact) mass is 224 g/mol. The number of hydrogen-bond donors (Lipinski definition) is 1. The van der Waals surface area contributed by atoms with Gasteiger partial charge in [0.1, 0.15) is 0 Å². The summed E-state index contributed by atoms with van der Waals surface area (Å²) in [5.74, 6) is 1.18. The number of carbonyl (C=O) groups excluding carboxylic acids is 1. The normalized spacial score (nSPS) is 35.4. The zero-order chi connectivity index (χ0) is 11.5. The summed E-state index contributed by atoms with van der Waals surface area (Å²) in [6.45, 7) is 4.14. The number of hydrogen-bond acceptors (Lipinski definition) is 2. The van der Waals surface area contributed by atoms with Crippen molar-refractivity contribution in [3.63, 3.8) is 0 Å². The minimum atomic E-state index is 0.113. The molecule has 1 saturated heterocycles. The summed E-state index contributed by atoms with van der Waals surface area (Å²) in [5, 5.41) is 0. The molecular weight excluding hydrogens is 200 g/mol. The van der Waals surface area contributed by atoms with Crippen molar-refractivity contribution in [2.45, 2.75) is 51.5 Å². The smallest absolute Gasteiger partial charge is 0.227 e. The molecule has 2 fully saturated rings. The van der Waals surface area contributed by atoms with Gasteiger partial charge >= 0.3 is 0 Å². The summed E-state index contributed by atoms with van der Waals surface area (Å²) in [5.41, 5.74) is 6.07. The Bertz CT molecular complexity index is 254. The molecule has 1 aliphatic heterocycles. The number of carbonyl (C=O) groups is 1. The van der Waals surface area contributed by atoms with Gasteiger partial charge in [0.25, 0.3) is 0 Å². The zero-order valence-electron chi connectivity index (χ0n) is 10.3. The molecule has 3 heteroatoms. The first-order valence-corrected chi connectivity index (χ1v) is 6.76. The molecule has 0 aromatic heterocycles. The van der Waals surface area contributed by atoms with Gasteiger partial charge in [0, 0.05) is 19.1 Å². The van der Waals surface area contributed by atoms with E-state index in [4.69, 9.17) is 5.73 Å². The molecule has 1 amide bonds. The van der Waals surface area contributed by atoms with Gasteiger partial charge in [0.2, 0.25) is 5.91 Å². The Morgan fingerprint density at radius 2 is 2.06 bits per heavy atom. The lowest BCUT2D eigenvalue weighted by molar-refractivity contribution is -0.136. The molecule has 0 aromatic carbocycles. The third-order valence-corrected chi connectivity index (χ3v) is 4.31. The van der Waals surface area contributed by atoms with Crippen molar-refractivity contribution in [3.05, 3.63) is 0 Å². The second kappa shape index (κ2) is 5.17. The molecule has 2 rings (SSSR count). The average Bonchev–Trinajstić information content (AvgIpc) is 2.77. The molecule has 92 valence electrons. The molecule has 1 saturated carbocycles. The Balaban J connectivity index is 1.91. The molecule has 1 heterocycles. The number of rotatable bonds is 2. The molecule has 16 heavy (non-hydrogen) atoms. The van der Waals surface area contributed by atoms with Crippen LogP contribution in [0.2, 0.25) is 0 Å². The van der Waals surface area contributed by atoms with Crippen molar-refractivity contribution in [1.82, 2.24) is 4.90 Å². The molecule has 3 unspecified atom stereocenters. The Morgan fingerprint density at radius 1 is 1.31 bits per heavy atom. The van der Waals surface area contributed by atoms with E-state index in [1.165, 1.54) is 25.7 Å². The Hall–Kier alpha value is -0.570. The van der Waals surface area contributed by atoms with Gasteiger partial charge < -0.3 is 10.6 Å². The Labute approximate surface area is 98.4 Å². The fourth-order valence-corrected chi connectivity index (χ4v) is 3.07. The van der Waals surface area contributed by atoms with Gasteiger partial charge in [-0.2, -0.15) is 0 Å². The first-order chi connectivity index (χ1) is 7.72. The Morgan fingerprint density at radius 3 is 2.69 bits per heavy atom. The second-order valence-corrected chi connectivity index (χ2v) is 5.40. The number of nitrogens with zero attached hydrogens (tertiary/aromatic N) is 1. The van der Waals surface area contributed by atoms with Crippen LogP contribution in [0.25, 0.3) is 0 Å². The predicted molar refractivity (Wildman–Crippen MR) is 64.9 cm³/mol. The summed E-state index contributed by atoms with van der Waals surface area (Å²) in [6.07, 6.45) is 6.79. The van der Waals surface area contributed by atoms with Crippen LogP contribution in [-0.4, -0.2) is 29.9 Å². The van der Waals surface area contributed by atoms with E-state index in [0.29, 0.717) is 5.91 Å². The maximum Gasteiger partial charge on any atom is 0.227 e. The second-order valence-electron chi connectivity index (χ2n) is 5.40. The van der Waals surface area contributed by atoms with Crippen molar-refractivity contribution in [2.24, 2.45) is 17.6 Å². The molecule has 2 N–H and O–H groups in total. The van der Waals surface area contributed by atoms with Crippen molar-refractivity contribution in [2.75, 3.05) is 13.1 Å². The van der Waals surface area contributed by atoms with Crippen LogP contribution in [-0.2, 0) is 4.79 Å².